The SMILES string of the molecule is Cc1cc(OCC(O)CNc2nc(-c3ccc(C(C)(C)C)cc3)nc3cc(=O)[nH]n23)ccc1Cl. The normalized spacial score (nSPS) is 12.6. The Morgan fingerprint density at radius 3 is 2.56 bits per heavy atom. The number of H-pyrrole nitrogens is 1. The van der Waals surface area contributed by atoms with Crippen LogP contribution in [-0.4, -0.2) is 43.9 Å². The predicted molar refractivity (Wildman–Crippen MR) is 134 cm³/mol. The van der Waals surface area contributed by atoms with Crippen LogP contribution in [-0.2, 0) is 5.41 Å². The number of aliphatic hydroxyl groups is 1. The number of nitrogens with zero attached hydrogens (tertiary/aromatic N) is 3. The van der Waals surface area contributed by atoms with Crippen molar-refractivity contribution < 1.29 is 9.84 Å². The molecule has 4 aromatic rings. The van der Waals surface area contributed by atoms with Crippen LogP contribution in [0.1, 0.15) is 31.9 Å². The zero-order valence-corrected chi connectivity index (χ0v) is 20.3. The quantitative estimate of drug-likeness (QED) is 0.365. The van der Waals surface area contributed by atoms with Gasteiger partial charge in [-0.15, -0.1) is 0 Å². The molecule has 3 N–H and O–H groups in total. The van der Waals surface area contributed by atoms with Crippen molar-refractivity contribution in [3.63, 3.8) is 0 Å². The molecule has 0 spiro atoms. The third kappa shape index (κ3) is 5.40. The number of aromatic amines is 1. The van der Waals surface area contributed by atoms with Gasteiger partial charge in [-0.3, -0.25) is 9.89 Å². The van der Waals surface area contributed by atoms with Crippen LogP contribution in [0.2, 0.25) is 5.02 Å². The molecule has 0 saturated heterocycles. The first-order valence-electron chi connectivity index (χ1n) is 11.0. The number of hydrogen-bond donors (Lipinski definition) is 3. The Hall–Kier alpha value is -3.36. The molecule has 2 aromatic heterocycles. The van der Waals surface area contributed by atoms with Gasteiger partial charge in [-0.25, -0.2) is 9.50 Å². The van der Waals surface area contributed by atoms with Crippen LogP contribution in [0.25, 0.3) is 17.0 Å². The van der Waals surface area contributed by atoms with E-state index in [0.717, 1.165) is 11.1 Å². The van der Waals surface area contributed by atoms with E-state index in [4.69, 9.17) is 16.3 Å². The van der Waals surface area contributed by atoms with E-state index in [2.05, 4.69) is 53.3 Å². The van der Waals surface area contributed by atoms with Gasteiger partial charge >= 0.3 is 0 Å². The van der Waals surface area contributed by atoms with Crippen LogP contribution >= 0.6 is 11.6 Å². The van der Waals surface area contributed by atoms with Crippen molar-refractivity contribution in [2.24, 2.45) is 0 Å². The number of ether oxygens (including phenoxy) is 1. The zero-order chi connectivity index (χ0) is 24.5. The molecule has 8 nitrogen and oxygen atoms in total. The molecule has 0 radical (unpaired) electrons. The van der Waals surface area contributed by atoms with Crippen LogP contribution in [0, 0.1) is 6.92 Å². The van der Waals surface area contributed by atoms with Gasteiger partial charge in [0, 0.05) is 23.2 Å². The van der Waals surface area contributed by atoms with E-state index >= 15 is 0 Å². The second-order valence-corrected chi connectivity index (χ2v) is 9.68. The lowest BCUT2D eigenvalue weighted by atomic mass is 9.87. The van der Waals surface area contributed by atoms with Gasteiger partial charge in [0.25, 0.3) is 5.56 Å². The average Bonchev–Trinajstić information content (AvgIpc) is 3.18. The number of rotatable bonds is 7. The minimum absolute atomic E-state index is 0.0346. The highest BCUT2D eigenvalue weighted by Crippen LogP contribution is 2.25. The van der Waals surface area contributed by atoms with Gasteiger partial charge in [0.15, 0.2) is 11.5 Å². The highest BCUT2D eigenvalue weighted by molar-refractivity contribution is 6.31. The molecule has 0 aliphatic rings. The summed E-state index contributed by atoms with van der Waals surface area (Å²) < 4.78 is 7.13. The summed E-state index contributed by atoms with van der Waals surface area (Å²) in [6, 6.07) is 14.8. The maximum atomic E-state index is 11.9. The number of benzene rings is 2. The lowest BCUT2D eigenvalue weighted by Gasteiger charge is -2.19. The van der Waals surface area contributed by atoms with Gasteiger partial charge in [-0.05, 0) is 41.7 Å². The first kappa shape index (κ1) is 23.8. The van der Waals surface area contributed by atoms with E-state index in [1.165, 1.54) is 16.1 Å². The first-order chi connectivity index (χ1) is 16.1. The number of fused-ring (bicyclic) bond motifs is 1. The van der Waals surface area contributed by atoms with Gasteiger partial charge in [0.1, 0.15) is 18.5 Å². The van der Waals surface area contributed by atoms with Crippen molar-refractivity contribution in [1.29, 1.82) is 0 Å². The Labute approximate surface area is 202 Å². The lowest BCUT2D eigenvalue weighted by Crippen LogP contribution is -2.27. The summed E-state index contributed by atoms with van der Waals surface area (Å²) in [6.07, 6.45) is -0.821. The van der Waals surface area contributed by atoms with Crippen LogP contribution < -0.4 is 15.6 Å². The van der Waals surface area contributed by atoms with Gasteiger partial charge in [0.05, 0.1) is 0 Å². The van der Waals surface area contributed by atoms with Gasteiger partial charge in [-0.1, -0.05) is 56.6 Å². The van der Waals surface area contributed by atoms with E-state index in [1.807, 2.05) is 25.1 Å². The summed E-state index contributed by atoms with van der Waals surface area (Å²) in [7, 11) is 0. The van der Waals surface area contributed by atoms with Crippen LogP contribution in [0.5, 0.6) is 5.75 Å². The van der Waals surface area contributed by atoms with E-state index < -0.39 is 6.10 Å². The highest BCUT2D eigenvalue weighted by atomic mass is 35.5. The Balaban J connectivity index is 1.51. The van der Waals surface area contributed by atoms with Crippen molar-refractivity contribution >= 4 is 23.2 Å². The summed E-state index contributed by atoms with van der Waals surface area (Å²) in [4.78, 5) is 21.1. The summed E-state index contributed by atoms with van der Waals surface area (Å²) in [5, 5.41) is 16.9. The lowest BCUT2D eigenvalue weighted by molar-refractivity contribution is 0.117. The van der Waals surface area contributed by atoms with E-state index in [9.17, 15) is 9.90 Å². The first-order valence-corrected chi connectivity index (χ1v) is 11.4. The second-order valence-electron chi connectivity index (χ2n) is 9.27. The molecule has 0 bridgehead atoms. The number of aryl methyl sites for hydroxylation is 1. The summed E-state index contributed by atoms with van der Waals surface area (Å²) >= 11 is 6.04. The molecule has 0 aliphatic heterocycles. The number of hydrogen-bond acceptors (Lipinski definition) is 6. The van der Waals surface area contributed by atoms with Crippen LogP contribution in [0.3, 0.4) is 0 Å². The monoisotopic (exact) mass is 481 g/mol. The maximum absolute atomic E-state index is 11.9. The number of anilines is 1. The smallest absolute Gasteiger partial charge is 0.266 e. The number of aliphatic hydroxyl groups excluding tert-OH is 1. The topological polar surface area (TPSA) is 105 Å². The fourth-order valence-electron chi connectivity index (χ4n) is 3.44. The standard InChI is InChI=1S/C25H28ClN5O3/c1-15-11-19(9-10-20(15)26)34-14-18(32)13-27-24-29-23(28-21-12-22(33)30-31(21)24)16-5-7-17(8-6-16)25(2,3)4/h5-12,18,32H,13-14H2,1-4H3,(H,30,33)(H,27,28,29). The molecule has 0 amide bonds. The summed E-state index contributed by atoms with van der Waals surface area (Å²) in [5.41, 5.74) is 3.10. The van der Waals surface area contributed by atoms with Crippen molar-refractivity contribution in [2.45, 2.75) is 39.2 Å². The van der Waals surface area contributed by atoms with E-state index in [-0.39, 0.29) is 24.1 Å². The summed E-state index contributed by atoms with van der Waals surface area (Å²) in [6.45, 7) is 8.58. The molecule has 4 rings (SSSR count). The third-order valence-electron chi connectivity index (χ3n) is 5.43. The Bertz CT molecular complexity index is 1360. The molecular weight excluding hydrogens is 454 g/mol. The second kappa shape index (κ2) is 9.48. The van der Waals surface area contributed by atoms with Crippen molar-refractivity contribution in [3.8, 4) is 17.1 Å². The number of nitrogens with one attached hydrogen (secondary N) is 2. The molecule has 1 atom stereocenters. The number of aromatic nitrogens is 4. The van der Waals surface area contributed by atoms with Crippen LogP contribution in [0.15, 0.2) is 53.3 Å². The van der Waals surface area contributed by atoms with Crippen molar-refractivity contribution in [1.82, 2.24) is 19.6 Å². The van der Waals surface area contributed by atoms with Gasteiger partial charge in [0.2, 0.25) is 5.95 Å². The minimum Gasteiger partial charge on any atom is -0.491 e. The molecule has 2 heterocycles. The average molecular weight is 482 g/mol. The minimum atomic E-state index is -0.821. The van der Waals surface area contributed by atoms with E-state index in [0.29, 0.717) is 28.2 Å². The number of halogens is 1. The van der Waals surface area contributed by atoms with Gasteiger partial charge < -0.3 is 15.2 Å². The Kier molecular flexibility index (Phi) is 6.63. The highest BCUT2D eigenvalue weighted by Gasteiger charge is 2.16. The Morgan fingerprint density at radius 2 is 1.88 bits per heavy atom. The van der Waals surface area contributed by atoms with E-state index in [1.54, 1.807) is 12.1 Å². The van der Waals surface area contributed by atoms with Crippen LogP contribution in [0.4, 0.5) is 5.95 Å². The van der Waals surface area contributed by atoms with Crippen molar-refractivity contribution in [2.75, 3.05) is 18.5 Å². The molecule has 0 aliphatic carbocycles. The predicted octanol–water partition coefficient (Wildman–Crippen LogP) is 4.20. The third-order valence-corrected chi connectivity index (χ3v) is 5.86. The summed E-state index contributed by atoms with van der Waals surface area (Å²) in [5.74, 6) is 1.47. The molecule has 34 heavy (non-hydrogen) atoms. The molecule has 1 unspecified atom stereocenters. The molecule has 0 saturated carbocycles. The fraction of sp³-hybridized carbons (Fsp3) is 0.320. The maximum Gasteiger partial charge on any atom is 0.266 e. The molecule has 2 aromatic carbocycles. The fourth-order valence-corrected chi connectivity index (χ4v) is 3.56. The molecule has 178 valence electrons. The largest absolute Gasteiger partial charge is 0.491 e. The van der Waals surface area contributed by atoms with Gasteiger partial charge in [-0.2, -0.15) is 4.98 Å². The Morgan fingerprint density at radius 1 is 1.15 bits per heavy atom. The molecule has 9 heteroatoms. The molecule has 0 fully saturated rings. The zero-order valence-electron chi connectivity index (χ0n) is 19.6. The molecular formula is C25H28ClN5O3. The van der Waals surface area contributed by atoms with Crippen molar-refractivity contribution in [3.05, 3.63) is 75.0 Å².